The van der Waals surface area contributed by atoms with Crippen LogP contribution in [0.25, 0.3) is 0 Å². The second-order valence-corrected chi connectivity index (χ2v) is 4.49. The highest BCUT2D eigenvalue weighted by Gasteiger charge is 2.34. The molecule has 0 radical (unpaired) electrons. The van der Waals surface area contributed by atoms with Crippen molar-refractivity contribution in [3.8, 4) is 0 Å². The summed E-state index contributed by atoms with van der Waals surface area (Å²) in [4.78, 5) is 2.51. The molecule has 3 heteroatoms. The first-order valence-corrected chi connectivity index (χ1v) is 5.82. The Morgan fingerprint density at radius 3 is 2.71 bits per heavy atom. The molecule has 82 valence electrons. The fourth-order valence-electron chi connectivity index (χ4n) is 2.78. The fourth-order valence-corrected chi connectivity index (χ4v) is 2.78. The van der Waals surface area contributed by atoms with Gasteiger partial charge in [-0.25, -0.2) is 0 Å². The Kier molecular flexibility index (Phi) is 3.42. The van der Waals surface area contributed by atoms with Gasteiger partial charge < -0.3 is 9.84 Å². The molecule has 2 saturated heterocycles. The summed E-state index contributed by atoms with van der Waals surface area (Å²) in [5, 5.41) is 9.66. The van der Waals surface area contributed by atoms with E-state index in [1.165, 1.54) is 0 Å². The van der Waals surface area contributed by atoms with Gasteiger partial charge in [0, 0.05) is 31.8 Å². The van der Waals surface area contributed by atoms with E-state index in [1.54, 1.807) is 0 Å². The molecule has 14 heavy (non-hydrogen) atoms. The molecule has 2 aliphatic rings. The maximum Gasteiger partial charge on any atom is 0.0682 e. The third-order valence-electron chi connectivity index (χ3n) is 3.57. The van der Waals surface area contributed by atoms with Crippen LogP contribution in [0.3, 0.4) is 0 Å². The van der Waals surface area contributed by atoms with Gasteiger partial charge in [-0.2, -0.15) is 0 Å². The van der Waals surface area contributed by atoms with Crippen molar-refractivity contribution in [3.05, 3.63) is 0 Å². The SMILES string of the molecule is CCC1C[C@@H](O)CN1C1CCOCC1. The van der Waals surface area contributed by atoms with Gasteiger partial charge >= 0.3 is 0 Å². The van der Waals surface area contributed by atoms with Crippen molar-refractivity contribution in [1.29, 1.82) is 0 Å². The lowest BCUT2D eigenvalue weighted by Crippen LogP contribution is -2.42. The van der Waals surface area contributed by atoms with Gasteiger partial charge in [0.05, 0.1) is 6.10 Å². The lowest BCUT2D eigenvalue weighted by molar-refractivity contribution is 0.0256. The third-order valence-corrected chi connectivity index (χ3v) is 3.57. The summed E-state index contributed by atoms with van der Waals surface area (Å²) in [5.41, 5.74) is 0. The first kappa shape index (κ1) is 10.4. The molecule has 2 aliphatic heterocycles. The summed E-state index contributed by atoms with van der Waals surface area (Å²) in [6.45, 7) is 4.89. The maximum atomic E-state index is 9.66. The van der Waals surface area contributed by atoms with E-state index in [9.17, 15) is 5.11 Å². The van der Waals surface area contributed by atoms with Crippen molar-refractivity contribution < 1.29 is 9.84 Å². The number of likely N-dealkylation sites (tertiary alicyclic amines) is 1. The molecule has 0 bridgehead atoms. The molecule has 1 N–H and O–H groups in total. The van der Waals surface area contributed by atoms with Gasteiger partial charge in [0.25, 0.3) is 0 Å². The van der Waals surface area contributed by atoms with Crippen LogP contribution in [-0.2, 0) is 4.74 Å². The standard InChI is InChI=1S/C11H21NO2/c1-2-9-7-11(13)8-12(9)10-3-5-14-6-4-10/h9-11,13H,2-8H2,1H3/t9?,11-/m1/s1. The van der Waals surface area contributed by atoms with E-state index in [-0.39, 0.29) is 6.10 Å². The fraction of sp³-hybridized carbons (Fsp3) is 1.00. The van der Waals surface area contributed by atoms with E-state index in [1.807, 2.05) is 0 Å². The molecule has 0 aromatic heterocycles. The summed E-state index contributed by atoms with van der Waals surface area (Å²) in [6.07, 6.45) is 4.32. The van der Waals surface area contributed by atoms with E-state index in [0.717, 1.165) is 45.4 Å². The average molecular weight is 199 g/mol. The molecule has 2 fully saturated rings. The molecule has 2 rings (SSSR count). The zero-order valence-electron chi connectivity index (χ0n) is 8.98. The van der Waals surface area contributed by atoms with Crippen molar-refractivity contribution in [3.63, 3.8) is 0 Å². The minimum absolute atomic E-state index is 0.0946. The minimum atomic E-state index is -0.0946. The molecule has 0 aromatic carbocycles. The van der Waals surface area contributed by atoms with Crippen LogP contribution < -0.4 is 0 Å². The highest BCUT2D eigenvalue weighted by molar-refractivity contribution is 4.89. The molecular formula is C11H21NO2. The number of aliphatic hydroxyl groups is 1. The Morgan fingerprint density at radius 2 is 2.07 bits per heavy atom. The van der Waals surface area contributed by atoms with Gasteiger partial charge in [-0.3, -0.25) is 4.90 Å². The molecule has 2 heterocycles. The quantitative estimate of drug-likeness (QED) is 0.720. The Labute approximate surface area is 86.0 Å². The summed E-state index contributed by atoms with van der Waals surface area (Å²) in [6, 6.07) is 1.26. The third kappa shape index (κ3) is 2.10. The molecule has 1 unspecified atom stereocenters. The van der Waals surface area contributed by atoms with E-state index in [4.69, 9.17) is 4.74 Å². The second-order valence-electron chi connectivity index (χ2n) is 4.49. The van der Waals surface area contributed by atoms with Gasteiger partial charge in [-0.1, -0.05) is 6.92 Å². The lowest BCUT2D eigenvalue weighted by Gasteiger charge is -2.34. The van der Waals surface area contributed by atoms with Crippen LogP contribution in [0, 0.1) is 0 Å². The number of rotatable bonds is 2. The minimum Gasteiger partial charge on any atom is -0.392 e. The molecule has 0 aromatic rings. The predicted molar refractivity (Wildman–Crippen MR) is 55.2 cm³/mol. The van der Waals surface area contributed by atoms with Crippen LogP contribution in [0.4, 0.5) is 0 Å². The van der Waals surface area contributed by atoms with Gasteiger partial charge in [0.1, 0.15) is 0 Å². The second kappa shape index (κ2) is 4.60. The molecule has 3 nitrogen and oxygen atoms in total. The molecule has 0 spiro atoms. The zero-order valence-corrected chi connectivity index (χ0v) is 8.98. The summed E-state index contributed by atoms with van der Waals surface area (Å²) < 4.78 is 5.37. The van der Waals surface area contributed by atoms with Crippen molar-refractivity contribution in [2.75, 3.05) is 19.8 Å². The normalized spacial score (nSPS) is 36.4. The smallest absolute Gasteiger partial charge is 0.0682 e. The molecule has 0 amide bonds. The summed E-state index contributed by atoms with van der Waals surface area (Å²) in [7, 11) is 0. The largest absolute Gasteiger partial charge is 0.392 e. The number of nitrogens with zero attached hydrogens (tertiary/aromatic N) is 1. The average Bonchev–Trinajstić information content (AvgIpc) is 2.61. The Balaban J connectivity index is 1.94. The van der Waals surface area contributed by atoms with Crippen LogP contribution in [0.15, 0.2) is 0 Å². The molecule has 0 aliphatic carbocycles. The van der Waals surface area contributed by atoms with Crippen molar-refractivity contribution in [1.82, 2.24) is 4.90 Å². The van der Waals surface area contributed by atoms with Crippen LogP contribution in [0.2, 0.25) is 0 Å². The van der Waals surface area contributed by atoms with Crippen LogP contribution in [-0.4, -0.2) is 48.0 Å². The first-order chi connectivity index (χ1) is 6.81. The monoisotopic (exact) mass is 199 g/mol. The summed E-state index contributed by atoms with van der Waals surface area (Å²) in [5.74, 6) is 0. The van der Waals surface area contributed by atoms with E-state index < -0.39 is 0 Å². The van der Waals surface area contributed by atoms with Crippen LogP contribution in [0.1, 0.15) is 32.6 Å². The first-order valence-electron chi connectivity index (χ1n) is 5.82. The Hall–Kier alpha value is -0.120. The molecular weight excluding hydrogens is 178 g/mol. The Bertz CT molecular complexity index is 180. The molecule has 2 atom stereocenters. The molecule has 0 saturated carbocycles. The van der Waals surface area contributed by atoms with Gasteiger partial charge in [0.15, 0.2) is 0 Å². The topological polar surface area (TPSA) is 32.7 Å². The van der Waals surface area contributed by atoms with Gasteiger partial charge in [-0.15, -0.1) is 0 Å². The predicted octanol–water partition coefficient (Wildman–Crippen LogP) is 1.01. The number of hydrogen-bond acceptors (Lipinski definition) is 3. The van der Waals surface area contributed by atoms with Crippen LogP contribution >= 0.6 is 0 Å². The van der Waals surface area contributed by atoms with E-state index in [2.05, 4.69) is 11.8 Å². The van der Waals surface area contributed by atoms with Crippen molar-refractivity contribution in [2.45, 2.75) is 50.8 Å². The number of hydrogen-bond donors (Lipinski definition) is 1. The van der Waals surface area contributed by atoms with Gasteiger partial charge in [0.2, 0.25) is 0 Å². The number of β-amino-alcohol motifs (C(OH)–C–C–N with tert-alkyl or cyclic N) is 1. The van der Waals surface area contributed by atoms with Crippen LogP contribution in [0.5, 0.6) is 0 Å². The maximum absolute atomic E-state index is 9.66. The zero-order chi connectivity index (χ0) is 9.97. The van der Waals surface area contributed by atoms with E-state index >= 15 is 0 Å². The Morgan fingerprint density at radius 1 is 1.36 bits per heavy atom. The number of aliphatic hydroxyl groups excluding tert-OH is 1. The highest BCUT2D eigenvalue weighted by Crippen LogP contribution is 2.27. The number of ether oxygens (including phenoxy) is 1. The van der Waals surface area contributed by atoms with Crippen molar-refractivity contribution >= 4 is 0 Å². The lowest BCUT2D eigenvalue weighted by atomic mass is 10.0. The highest BCUT2D eigenvalue weighted by atomic mass is 16.5. The summed E-state index contributed by atoms with van der Waals surface area (Å²) >= 11 is 0. The van der Waals surface area contributed by atoms with Gasteiger partial charge in [-0.05, 0) is 25.7 Å². The van der Waals surface area contributed by atoms with E-state index in [0.29, 0.717) is 12.1 Å². The van der Waals surface area contributed by atoms with Crippen molar-refractivity contribution in [2.24, 2.45) is 0 Å².